The van der Waals surface area contributed by atoms with Gasteiger partial charge in [0.2, 0.25) is 5.91 Å². The highest BCUT2D eigenvalue weighted by molar-refractivity contribution is 5.85. The van der Waals surface area contributed by atoms with Crippen LogP contribution in [0.5, 0.6) is 0 Å². The second kappa shape index (κ2) is 8.18. The Morgan fingerprint density at radius 1 is 1.21 bits per heavy atom. The summed E-state index contributed by atoms with van der Waals surface area (Å²) in [4.78, 5) is 11.4. The summed E-state index contributed by atoms with van der Waals surface area (Å²) >= 11 is 0. The Bertz CT molecular complexity index is 382. The van der Waals surface area contributed by atoms with Crippen LogP contribution < -0.4 is 11.1 Å². The molecule has 108 valence electrons. The Labute approximate surface area is 122 Å². The van der Waals surface area contributed by atoms with E-state index in [1.54, 1.807) is 0 Å². The topological polar surface area (TPSA) is 55.1 Å². The lowest BCUT2D eigenvalue weighted by Crippen LogP contribution is -2.29. The van der Waals surface area contributed by atoms with Crippen LogP contribution in [0.2, 0.25) is 0 Å². The zero-order chi connectivity index (χ0) is 13.6. The van der Waals surface area contributed by atoms with Crippen LogP contribution in [0.3, 0.4) is 0 Å². The second-order valence-corrected chi connectivity index (χ2v) is 5.59. The highest BCUT2D eigenvalue weighted by atomic mass is 35.5. The van der Waals surface area contributed by atoms with Gasteiger partial charge in [0.25, 0.3) is 0 Å². The Morgan fingerprint density at radius 3 is 2.26 bits per heavy atom. The lowest BCUT2D eigenvalue weighted by molar-refractivity contribution is -0.120. The van der Waals surface area contributed by atoms with Crippen molar-refractivity contribution in [3.8, 4) is 0 Å². The van der Waals surface area contributed by atoms with Gasteiger partial charge in [0.15, 0.2) is 0 Å². The van der Waals surface area contributed by atoms with E-state index in [0.717, 1.165) is 6.42 Å². The molecule has 0 saturated heterocycles. The number of aryl methyl sites for hydroxylation is 1. The van der Waals surface area contributed by atoms with Crippen LogP contribution in [0.25, 0.3) is 0 Å². The number of carbonyl (C=O) groups excluding carboxylic acids is 1. The van der Waals surface area contributed by atoms with Crippen molar-refractivity contribution in [3.05, 3.63) is 35.4 Å². The van der Waals surface area contributed by atoms with Crippen LogP contribution in [0, 0.1) is 0 Å². The van der Waals surface area contributed by atoms with E-state index in [0.29, 0.717) is 19.5 Å². The van der Waals surface area contributed by atoms with Gasteiger partial charge in [0, 0.05) is 19.5 Å². The molecule has 0 aliphatic carbocycles. The average molecular weight is 285 g/mol. The normalized spacial score (nSPS) is 10.7. The predicted octanol–water partition coefficient (Wildman–Crippen LogP) is 2.41. The van der Waals surface area contributed by atoms with Crippen molar-refractivity contribution in [2.45, 2.75) is 39.0 Å². The van der Waals surface area contributed by atoms with Gasteiger partial charge in [-0.2, -0.15) is 0 Å². The molecule has 1 amide bonds. The molecule has 0 atom stereocenters. The predicted molar refractivity (Wildman–Crippen MR) is 82.8 cm³/mol. The lowest BCUT2D eigenvalue weighted by Gasteiger charge is -2.19. The molecule has 4 heteroatoms. The summed E-state index contributed by atoms with van der Waals surface area (Å²) in [5.74, 6) is 0.0698. The highest BCUT2D eigenvalue weighted by Gasteiger charge is 2.12. The summed E-state index contributed by atoms with van der Waals surface area (Å²) in [7, 11) is 0. The first-order valence-corrected chi connectivity index (χ1v) is 6.49. The van der Waals surface area contributed by atoms with Gasteiger partial charge < -0.3 is 11.1 Å². The third kappa shape index (κ3) is 6.60. The number of benzene rings is 1. The highest BCUT2D eigenvalue weighted by Crippen LogP contribution is 2.22. The fraction of sp³-hybridized carbons (Fsp3) is 0.533. The number of rotatable bonds is 5. The summed E-state index contributed by atoms with van der Waals surface area (Å²) in [6.07, 6.45) is 1.30. The summed E-state index contributed by atoms with van der Waals surface area (Å²) in [5.41, 5.74) is 8.02. The first-order valence-electron chi connectivity index (χ1n) is 6.49. The SMILES string of the molecule is CC(C)(C)c1ccc(CCC(=O)NCCN)cc1.Cl. The van der Waals surface area contributed by atoms with Gasteiger partial charge in [-0.1, -0.05) is 45.0 Å². The third-order valence-electron chi connectivity index (χ3n) is 2.93. The number of nitrogens with one attached hydrogen (secondary N) is 1. The average Bonchev–Trinajstić information content (AvgIpc) is 2.33. The molecular formula is C15H25ClN2O. The van der Waals surface area contributed by atoms with Crippen LogP contribution in [0.15, 0.2) is 24.3 Å². The molecule has 0 unspecified atom stereocenters. The molecule has 0 spiro atoms. The van der Waals surface area contributed by atoms with E-state index in [1.165, 1.54) is 11.1 Å². The second-order valence-electron chi connectivity index (χ2n) is 5.59. The van der Waals surface area contributed by atoms with E-state index >= 15 is 0 Å². The molecule has 0 aliphatic rings. The van der Waals surface area contributed by atoms with Crippen LogP contribution in [-0.2, 0) is 16.6 Å². The van der Waals surface area contributed by atoms with Gasteiger partial charge in [-0.15, -0.1) is 12.4 Å². The van der Waals surface area contributed by atoms with E-state index in [2.05, 4.69) is 50.4 Å². The molecule has 19 heavy (non-hydrogen) atoms. The summed E-state index contributed by atoms with van der Waals surface area (Å²) in [5, 5.41) is 2.77. The molecule has 0 fully saturated rings. The van der Waals surface area contributed by atoms with Gasteiger partial charge in [0.1, 0.15) is 0 Å². The van der Waals surface area contributed by atoms with E-state index in [1.807, 2.05) is 0 Å². The van der Waals surface area contributed by atoms with Gasteiger partial charge in [0.05, 0.1) is 0 Å². The number of hydrogen-bond acceptors (Lipinski definition) is 2. The molecule has 0 saturated carbocycles. The molecule has 1 aromatic rings. The van der Waals surface area contributed by atoms with Crippen molar-refractivity contribution < 1.29 is 4.79 Å². The minimum Gasteiger partial charge on any atom is -0.355 e. The van der Waals surface area contributed by atoms with E-state index in [4.69, 9.17) is 5.73 Å². The monoisotopic (exact) mass is 284 g/mol. The maximum atomic E-state index is 11.4. The summed E-state index contributed by atoms with van der Waals surface area (Å²) in [6.45, 7) is 7.64. The van der Waals surface area contributed by atoms with Gasteiger partial charge in [-0.3, -0.25) is 4.79 Å². The Kier molecular flexibility index (Phi) is 7.72. The minimum absolute atomic E-state index is 0. The van der Waals surface area contributed by atoms with Crippen molar-refractivity contribution in [2.75, 3.05) is 13.1 Å². The smallest absolute Gasteiger partial charge is 0.220 e. The molecule has 0 heterocycles. The van der Waals surface area contributed by atoms with E-state index in [-0.39, 0.29) is 23.7 Å². The molecule has 0 bridgehead atoms. The minimum atomic E-state index is 0. The Hall–Kier alpha value is -1.06. The van der Waals surface area contributed by atoms with Gasteiger partial charge >= 0.3 is 0 Å². The Balaban J connectivity index is 0.00000324. The lowest BCUT2D eigenvalue weighted by atomic mass is 9.86. The van der Waals surface area contributed by atoms with E-state index in [9.17, 15) is 4.79 Å². The zero-order valence-electron chi connectivity index (χ0n) is 12.0. The van der Waals surface area contributed by atoms with Crippen molar-refractivity contribution in [1.29, 1.82) is 0 Å². The van der Waals surface area contributed by atoms with Crippen LogP contribution in [0.4, 0.5) is 0 Å². The third-order valence-corrected chi connectivity index (χ3v) is 2.93. The first-order chi connectivity index (χ1) is 8.43. The van der Waals surface area contributed by atoms with Crippen molar-refractivity contribution in [3.63, 3.8) is 0 Å². The summed E-state index contributed by atoms with van der Waals surface area (Å²) < 4.78 is 0. The Morgan fingerprint density at radius 2 is 1.79 bits per heavy atom. The van der Waals surface area contributed by atoms with Crippen LogP contribution >= 0.6 is 12.4 Å². The molecule has 0 aromatic heterocycles. The van der Waals surface area contributed by atoms with Crippen molar-refractivity contribution in [1.82, 2.24) is 5.32 Å². The van der Waals surface area contributed by atoms with Crippen molar-refractivity contribution >= 4 is 18.3 Å². The molecular weight excluding hydrogens is 260 g/mol. The maximum absolute atomic E-state index is 11.4. The van der Waals surface area contributed by atoms with Gasteiger partial charge in [-0.25, -0.2) is 0 Å². The van der Waals surface area contributed by atoms with Crippen LogP contribution in [0.1, 0.15) is 38.3 Å². The quantitative estimate of drug-likeness (QED) is 0.872. The number of nitrogens with two attached hydrogens (primary N) is 1. The number of amides is 1. The molecule has 0 aliphatic heterocycles. The number of carbonyl (C=O) groups is 1. The summed E-state index contributed by atoms with van der Waals surface area (Å²) in [6, 6.07) is 8.51. The first kappa shape index (κ1) is 17.9. The molecule has 3 nitrogen and oxygen atoms in total. The molecule has 3 N–H and O–H groups in total. The standard InChI is InChI=1S/C15H24N2O.ClH/c1-15(2,3)13-7-4-12(5-8-13)6-9-14(18)17-11-10-16;/h4-5,7-8H,6,9-11,16H2,1-3H3,(H,17,18);1H. The molecule has 1 aromatic carbocycles. The van der Waals surface area contributed by atoms with Gasteiger partial charge in [-0.05, 0) is 23.0 Å². The van der Waals surface area contributed by atoms with Crippen molar-refractivity contribution in [2.24, 2.45) is 5.73 Å². The fourth-order valence-corrected chi connectivity index (χ4v) is 1.73. The number of hydrogen-bond donors (Lipinski definition) is 2. The largest absolute Gasteiger partial charge is 0.355 e. The number of halogens is 1. The van der Waals surface area contributed by atoms with Crippen LogP contribution in [-0.4, -0.2) is 19.0 Å². The maximum Gasteiger partial charge on any atom is 0.220 e. The fourth-order valence-electron chi connectivity index (χ4n) is 1.73. The van der Waals surface area contributed by atoms with E-state index < -0.39 is 0 Å². The zero-order valence-corrected chi connectivity index (χ0v) is 12.8. The molecule has 0 radical (unpaired) electrons. The molecule has 1 rings (SSSR count).